The maximum atomic E-state index is 13.4. The number of carbonyl (C=O) groups is 2. The van der Waals surface area contributed by atoms with E-state index >= 15 is 0 Å². The number of hydrogen-bond acceptors (Lipinski definition) is 2. The van der Waals surface area contributed by atoms with Gasteiger partial charge in [0.2, 0.25) is 5.91 Å². The highest BCUT2D eigenvalue weighted by Gasteiger charge is 2.67. The van der Waals surface area contributed by atoms with Gasteiger partial charge in [0.25, 0.3) is 5.91 Å². The number of benzene rings is 2. The topological polar surface area (TPSA) is 58.2 Å². The van der Waals surface area contributed by atoms with Crippen LogP contribution in [0.5, 0.6) is 0 Å². The molecule has 1 fully saturated rings. The van der Waals surface area contributed by atoms with E-state index in [1.54, 1.807) is 5.32 Å². The lowest BCUT2D eigenvalue weighted by molar-refractivity contribution is -0.123. The number of nitrogens with one attached hydrogen (secondary N) is 2. The third-order valence-corrected chi connectivity index (χ3v) is 6.13. The molecule has 2 aromatic rings. The van der Waals surface area contributed by atoms with Crippen molar-refractivity contribution in [2.75, 3.05) is 11.9 Å². The molecule has 0 radical (unpaired) electrons. The van der Waals surface area contributed by atoms with E-state index in [4.69, 9.17) is 46.4 Å². The van der Waals surface area contributed by atoms with E-state index in [-0.39, 0.29) is 21.3 Å². The van der Waals surface area contributed by atoms with E-state index in [9.17, 15) is 27.2 Å². The van der Waals surface area contributed by atoms with Gasteiger partial charge in [0.15, 0.2) is 0 Å². The molecule has 0 aliphatic heterocycles. The molecule has 1 saturated carbocycles. The molecule has 3 rings (SSSR count). The first kappa shape index (κ1) is 23.9. The Morgan fingerprint density at radius 2 is 1.71 bits per heavy atom. The second-order valence-corrected chi connectivity index (χ2v) is 9.04. The standard InChI is InChI=1S/C19H12Cl4F4N2O2/c20-11-3-2-9(6-10(11)16(30)28-7-18(25,26)27)29-17(31)15-14(19(15,22)23)8-1-4-13(24)12(21)5-8/h1-6,14-15H,7H2,(H,28,30)(H,29,31)/t14-,15+/m0/s1. The predicted molar refractivity (Wildman–Crippen MR) is 111 cm³/mol. The van der Waals surface area contributed by atoms with Crippen LogP contribution in [0, 0.1) is 11.7 Å². The maximum Gasteiger partial charge on any atom is 0.405 e. The van der Waals surface area contributed by atoms with Gasteiger partial charge < -0.3 is 10.6 Å². The summed E-state index contributed by atoms with van der Waals surface area (Å²) in [7, 11) is 0. The number of halogens is 8. The molecule has 12 heteroatoms. The zero-order valence-electron chi connectivity index (χ0n) is 15.2. The molecule has 0 aromatic heterocycles. The maximum absolute atomic E-state index is 13.4. The average Bonchev–Trinajstić information content (AvgIpc) is 3.25. The fourth-order valence-electron chi connectivity index (χ4n) is 3.05. The summed E-state index contributed by atoms with van der Waals surface area (Å²) in [6, 6.07) is 7.58. The first-order valence-electron chi connectivity index (χ1n) is 8.59. The second-order valence-electron chi connectivity index (χ2n) is 6.79. The van der Waals surface area contributed by atoms with E-state index in [0.717, 1.165) is 12.1 Å². The van der Waals surface area contributed by atoms with E-state index in [1.165, 1.54) is 24.3 Å². The highest BCUT2D eigenvalue weighted by molar-refractivity contribution is 6.53. The van der Waals surface area contributed by atoms with Crippen molar-refractivity contribution >= 4 is 63.9 Å². The van der Waals surface area contributed by atoms with Crippen molar-refractivity contribution < 1.29 is 27.2 Å². The van der Waals surface area contributed by atoms with Gasteiger partial charge in [0.05, 0.1) is 21.5 Å². The fraction of sp³-hybridized carbons (Fsp3) is 0.263. The lowest BCUT2D eigenvalue weighted by Gasteiger charge is -2.11. The Bertz CT molecular complexity index is 1050. The molecule has 2 atom stereocenters. The van der Waals surface area contributed by atoms with Gasteiger partial charge in [-0.1, -0.05) is 29.3 Å². The zero-order chi connectivity index (χ0) is 23.1. The van der Waals surface area contributed by atoms with Crippen molar-refractivity contribution in [3.8, 4) is 0 Å². The smallest absolute Gasteiger partial charge is 0.343 e. The molecule has 0 heterocycles. The molecule has 0 bridgehead atoms. The van der Waals surface area contributed by atoms with Crippen LogP contribution in [0.3, 0.4) is 0 Å². The van der Waals surface area contributed by atoms with Crippen LogP contribution in [0.25, 0.3) is 0 Å². The molecular formula is C19H12Cl4F4N2O2. The van der Waals surface area contributed by atoms with Gasteiger partial charge >= 0.3 is 6.18 Å². The number of alkyl halides is 5. The van der Waals surface area contributed by atoms with Crippen LogP contribution < -0.4 is 10.6 Å². The molecule has 1 aliphatic rings. The third-order valence-electron chi connectivity index (χ3n) is 4.57. The van der Waals surface area contributed by atoms with Gasteiger partial charge in [0, 0.05) is 11.6 Å². The summed E-state index contributed by atoms with van der Waals surface area (Å²) in [6.07, 6.45) is -4.60. The Morgan fingerprint density at radius 1 is 1.03 bits per heavy atom. The van der Waals surface area contributed by atoms with Crippen LogP contribution in [0.15, 0.2) is 36.4 Å². The van der Waals surface area contributed by atoms with Crippen molar-refractivity contribution in [1.82, 2.24) is 5.32 Å². The molecule has 2 aromatic carbocycles. The van der Waals surface area contributed by atoms with Gasteiger partial charge in [-0.15, -0.1) is 23.2 Å². The molecule has 0 saturated heterocycles. The van der Waals surface area contributed by atoms with E-state index in [1.807, 2.05) is 0 Å². The Labute approximate surface area is 193 Å². The van der Waals surface area contributed by atoms with Crippen LogP contribution in [0.2, 0.25) is 10.0 Å². The van der Waals surface area contributed by atoms with Crippen LogP contribution in [0.1, 0.15) is 21.8 Å². The average molecular weight is 518 g/mol. The molecular weight excluding hydrogens is 506 g/mol. The number of anilines is 1. The van der Waals surface area contributed by atoms with E-state index in [2.05, 4.69) is 5.32 Å². The molecule has 0 spiro atoms. The van der Waals surface area contributed by atoms with Gasteiger partial charge in [-0.05, 0) is 35.9 Å². The Morgan fingerprint density at radius 3 is 2.32 bits per heavy atom. The van der Waals surface area contributed by atoms with Crippen LogP contribution in [-0.4, -0.2) is 28.9 Å². The van der Waals surface area contributed by atoms with Crippen LogP contribution in [0.4, 0.5) is 23.2 Å². The van der Waals surface area contributed by atoms with Crippen molar-refractivity contribution in [3.63, 3.8) is 0 Å². The largest absolute Gasteiger partial charge is 0.405 e. The summed E-state index contributed by atoms with van der Waals surface area (Å²) < 4.78 is 48.9. The summed E-state index contributed by atoms with van der Waals surface area (Å²) in [5.41, 5.74) is 0.294. The fourth-order valence-corrected chi connectivity index (χ4v) is 4.27. The Hall–Kier alpha value is -1.74. The molecule has 4 nitrogen and oxygen atoms in total. The van der Waals surface area contributed by atoms with Crippen LogP contribution >= 0.6 is 46.4 Å². The van der Waals surface area contributed by atoms with Crippen molar-refractivity contribution in [2.24, 2.45) is 5.92 Å². The highest BCUT2D eigenvalue weighted by Crippen LogP contribution is 2.65. The number of hydrogen-bond donors (Lipinski definition) is 2. The molecule has 31 heavy (non-hydrogen) atoms. The minimum Gasteiger partial charge on any atom is -0.343 e. The van der Waals surface area contributed by atoms with E-state index < -0.39 is 46.5 Å². The SMILES string of the molecule is O=C(NCC(F)(F)F)c1cc(NC(=O)[C@H]2[C@H](c3ccc(F)c(Cl)c3)C2(Cl)Cl)ccc1Cl. The van der Waals surface area contributed by atoms with E-state index in [0.29, 0.717) is 5.56 Å². The van der Waals surface area contributed by atoms with Gasteiger partial charge in [0.1, 0.15) is 16.7 Å². The first-order chi connectivity index (χ1) is 14.3. The number of carbonyl (C=O) groups excluding carboxylic acids is 2. The zero-order valence-corrected chi connectivity index (χ0v) is 18.2. The van der Waals surface area contributed by atoms with Crippen LogP contribution in [-0.2, 0) is 4.79 Å². The Kier molecular flexibility index (Phi) is 6.68. The van der Waals surface area contributed by atoms with Gasteiger partial charge in [-0.2, -0.15) is 13.2 Å². The minimum absolute atomic E-state index is 0.0958. The Balaban J connectivity index is 1.74. The summed E-state index contributed by atoms with van der Waals surface area (Å²) >= 11 is 24.1. The normalized spacial score (nSPS) is 19.6. The first-order valence-corrected chi connectivity index (χ1v) is 10.1. The summed E-state index contributed by atoms with van der Waals surface area (Å²) in [6.45, 7) is -1.54. The van der Waals surface area contributed by atoms with Crippen molar-refractivity contribution in [3.05, 3.63) is 63.4 Å². The molecule has 1 aliphatic carbocycles. The van der Waals surface area contributed by atoms with Gasteiger partial charge in [-0.3, -0.25) is 9.59 Å². The lowest BCUT2D eigenvalue weighted by atomic mass is 10.1. The van der Waals surface area contributed by atoms with Gasteiger partial charge in [-0.25, -0.2) is 4.39 Å². The molecule has 2 amide bonds. The molecule has 166 valence electrons. The minimum atomic E-state index is -4.60. The molecule has 2 N–H and O–H groups in total. The summed E-state index contributed by atoms with van der Waals surface area (Å²) in [4.78, 5) is 24.7. The summed E-state index contributed by atoms with van der Waals surface area (Å²) in [5, 5.41) is 3.95. The lowest BCUT2D eigenvalue weighted by Crippen LogP contribution is -2.33. The second kappa shape index (κ2) is 8.65. The van der Waals surface area contributed by atoms with Crippen molar-refractivity contribution in [2.45, 2.75) is 16.4 Å². The number of amides is 2. The molecule has 0 unspecified atom stereocenters. The monoisotopic (exact) mass is 516 g/mol. The summed E-state index contributed by atoms with van der Waals surface area (Å²) in [5.74, 6) is -3.90. The number of rotatable bonds is 5. The predicted octanol–water partition coefficient (Wildman–Crippen LogP) is 5.95. The van der Waals surface area contributed by atoms with Crippen molar-refractivity contribution in [1.29, 1.82) is 0 Å². The third kappa shape index (κ3) is 5.37. The quantitative estimate of drug-likeness (QED) is 0.380. The highest BCUT2D eigenvalue weighted by atomic mass is 35.5.